The molecule has 1 saturated heterocycles. The maximum absolute atomic E-state index is 13.1. The molecule has 0 aliphatic carbocycles. The molecule has 1 aromatic rings. The molecule has 0 unspecified atom stereocenters. The van der Waals surface area contributed by atoms with Gasteiger partial charge in [-0.15, -0.1) is 0 Å². The minimum atomic E-state index is -3.66. The number of carbonyl (C=O) groups excluding carboxylic acids is 1. The molecule has 1 fully saturated rings. The summed E-state index contributed by atoms with van der Waals surface area (Å²) < 4.78 is 44.9. The molecular weight excluding hydrogens is 323 g/mol. The van der Waals surface area contributed by atoms with Gasteiger partial charge in [0, 0.05) is 19.6 Å². The molecule has 0 atom stereocenters. The Morgan fingerprint density at radius 3 is 2.61 bits per heavy atom. The Bertz CT molecular complexity index is 670. The molecule has 1 amide bonds. The van der Waals surface area contributed by atoms with Crippen LogP contribution in [-0.4, -0.2) is 46.2 Å². The number of nitrogens with one attached hydrogen (secondary N) is 1. The van der Waals surface area contributed by atoms with Crippen LogP contribution in [0.2, 0.25) is 0 Å². The number of nitrogens with zero attached hydrogens (tertiary/aromatic N) is 1. The van der Waals surface area contributed by atoms with Crippen molar-refractivity contribution in [2.24, 2.45) is 5.92 Å². The molecule has 0 radical (unpaired) electrons. The van der Waals surface area contributed by atoms with E-state index in [1.54, 1.807) is 11.8 Å². The zero-order chi connectivity index (χ0) is 17.0. The lowest BCUT2D eigenvalue weighted by atomic mass is 9.97. The van der Waals surface area contributed by atoms with Crippen molar-refractivity contribution >= 4 is 16.1 Å². The predicted molar refractivity (Wildman–Crippen MR) is 83.0 cm³/mol. The number of sulfonamides is 1. The smallest absolute Gasteiger partial charge is 0.409 e. The fraction of sp³-hybridized carbons (Fsp3) is 0.533. The van der Waals surface area contributed by atoms with Gasteiger partial charge < -0.3 is 9.64 Å². The molecule has 1 N–H and O–H groups in total. The van der Waals surface area contributed by atoms with Crippen molar-refractivity contribution in [1.29, 1.82) is 0 Å². The van der Waals surface area contributed by atoms with Gasteiger partial charge in [0.25, 0.3) is 0 Å². The van der Waals surface area contributed by atoms with Crippen molar-refractivity contribution in [3.05, 3.63) is 29.6 Å². The van der Waals surface area contributed by atoms with Gasteiger partial charge in [-0.1, -0.05) is 0 Å². The number of benzene rings is 1. The second-order valence-electron chi connectivity index (χ2n) is 5.66. The monoisotopic (exact) mass is 344 g/mol. The number of methoxy groups -OCH3 is 1. The highest BCUT2D eigenvalue weighted by molar-refractivity contribution is 7.89. The van der Waals surface area contributed by atoms with Crippen LogP contribution < -0.4 is 4.72 Å². The molecule has 2 rings (SSSR count). The zero-order valence-corrected chi connectivity index (χ0v) is 14.0. The Labute approximate surface area is 135 Å². The van der Waals surface area contributed by atoms with Crippen molar-refractivity contribution in [2.75, 3.05) is 26.7 Å². The number of likely N-dealkylation sites (tertiary alicyclic amines) is 1. The van der Waals surface area contributed by atoms with Crippen LogP contribution in [0.1, 0.15) is 18.4 Å². The highest BCUT2D eigenvalue weighted by Crippen LogP contribution is 2.19. The van der Waals surface area contributed by atoms with Crippen LogP contribution >= 0.6 is 0 Å². The summed E-state index contributed by atoms with van der Waals surface area (Å²) in [5.74, 6) is -0.303. The van der Waals surface area contributed by atoms with E-state index < -0.39 is 15.8 Å². The van der Waals surface area contributed by atoms with Gasteiger partial charge in [0.2, 0.25) is 10.0 Å². The third-order valence-corrected chi connectivity index (χ3v) is 5.62. The van der Waals surface area contributed by atoms with E-state index >= 15 is 0 Å². The third-order valence-electron chi connectivity index (χ3n) is 4.04. The van der Waals surface area contributed by atoms with Gasteiger partial charge in [-0.25, -0.2) is 22.3 Å². The van der Waals surface area contributed by atoms with E-state index in [9.17, 15) is 17.6 Å². The topological polar surface area (TPSA) is 75.7 Å². The van der Waals surface area contributed by atoms with Gasteiger partial charge in [-0.05, 0) is 49.4 Å². The average molecular weight is 344 g/mol. The van der Waals surface area contributed by atoms with E-state index in [-0.39, 0.29) is 16.9 Å². The molecule has 1 aliphatic heterocycles. The lowest BCUT2D eigenvalue weighted by Gasteiger charge is -2.30. The molecule has 23 heavy (non-hydrogen) atoms. The normalized spacial score (nSPS) is 16.4. The Kier molecular flexibility index (Phi) is 5.59. The molecule has 1 aromatic carbocycles. The third kappa shape index (κ3) is 4.42. The number of amides is 1. The van der Waals surface area contributed by atoms with Crippen LogP contribution in [0.3, 0.4) is 0 Å². The SMILES string of the molecule is COC(=O)N1CCC(CNS(=O)(=O)c2ccc(F)cc2C)CC1. The standard InChI is InChI=1S/C15H21FN2O4S/c1-11-9-13(16)3-4-14(11)23(20,21)17-10-12-5-7-18(8-6-12)15(19)22-2/h3-4,9,12,17H,5-8,10H2,1-2H3. The largest absolute Gasteiger partial charge is 0.453 e. The number of hydrogen-bond donors (Lipinski definition) is 1. The average Bonchev–Trinajstić information content (AvgIpc) is 2.52. The first-order valence-electron chi connectivity index (χ1n) is 7.42. The summed E-state index contributed by atoms with van der Waals surface area (Å²) in [5.41, 5.74) is 0.373. The van der Waals surface area contributed by atoms with Gasteiger partial charge >= 0.3 is 6.09 Å². The fourth-order valence-corrected chi connectivity index (χ4v) is 4.01. The van der Waals surface area contributed by atoms with Crippen LogP contribution in [0.4, 0.5) is 9.18 Å². The van der Waals surface area contributed by atoms with Gasteiger partial charge in [-0.2, -0.15) is 0 Å². The first kappa shape index (κ1) is 17.7. The van der Waals surface area contributed by atoms with E-state index in [2.05, 4.69) is 9.46 Å². The van der Waals surface area contributed by atoms with Gasteiger partial charge in [-0.3, -0.25) is 0 Å². The highest BCUT2D eigenvalue weighted by atomic mass is 32.2. The molecule has 128 valence electrons. The molecule has 0 aromatic heterocycles. The van der Waals surface area contributed by atoms with Crippen molar-refractivity contribution in [1.82, 2.24) is 9.62 Å². The summed E-state index contributed by atoms with van der Waals surface area (Å²) in [5, 5.41) is 0. The van der Waals surface area contributed by atoms with E-state index in [1.807, 2.05) is 0 Å². The molecule has 1 aliphatic rings. The molecule has 0 saturated carbocycles. The van der Waals surface area contributed by atoms with Crippen molar-refractivity contribution in [3.8, 4) is 0 Å². The van der Waals surface area contributed by atoms with Gasteiger partial charge in [0.1, 0.15) is 5.82 Å². The first-order chi connectivity index (χ1) is 10.8. The Morgan fingerprint density at radius 1 is 1.39 bits per heavy atom. The second-order valence-corrected chi connectivity index (χ2v) is 7.40. The summed E-state index contributed by atoms with van der Waals surface area (Å²) in [6, 6.07) is 3.60. The maximum Gasteiger partial charge on any atom is 0.409 e. The van der Waals surface area contributed by atoms with Gasteiger partial charge in [0.05, 0.1) is 12.0 Å². The predicted octanol–water partition coefficient (Wildman–Crippen LogP) is 1.89. The Hall–Kier alpha value is -1.67. The van der Waals surface area contributed by atoms with E-state index in [0.717, 1.165) is 6.07 Å². The second kappa shape index (κ2) is 7.27. The van der Waals surface area contributed by atoms with E-state index in [4.69, 9.17) is 0 Å². The number of ether oxygens (including phenoxy) is 1. The van der Waals surface area contributed by atoms with E-state index in [1.165, 1.54) is 19.2 Å². The summed E-state index contributed by atoms with van der Waals surface area (Å²) in [6.45, 7) is 2.96. The van der Waals surface area contributed by atoms with Crippen molar-refractivity contribution in [3.63, 3.8) is 0 Å². The van der Waals surface area contributed by atoms with Crippen LogP contribution in [0.5, 0.6) is 0 Å². The molecule has 1 heterocycles. The zero-order valence-electron chi connectivity index (χ0n) is 13.2. The van der Waals surface area contributed by atoms with E-state index in [0.29, 0.717) is 38.0 Å². The molecule has 6 nitrogen and oxygen atoms in total. The van der Waals surface area contributed by atoms with Crippen LogP contribution in [0.25, 0.3) is 0 Å². The first-order valence-corrected chi connectivity index (χ1v) is 8.90. The number of carbonyl (C=O) groups is 1. The number of rotatable bonds is 4. The summed E-state index contributed by atoms with van der Waals surface area (Å²) in [4.78, 5) is 13.1. The Balaban J connectivity index is 1.92. The summed E-state index contributed by atoms with van der Waals surface area (Å²) in [6.07, 6.45) is 1.06. The number of halogens is 1. The molecule has 0 spiro atoms. The van der Waals surface area contributed by atoms with Crippen molar-refractivity contribution in [2.45, 2.75) is 24.7 Å². The number of piperidine rings is 1. The minimum absolute atomic E-state index is 0.0888. The molecule has 8 heteroatoms. The molecule has 0 bridgehead atoms. The number of aryl methyl sites for hydroxylation is 1. The Morgan fingerprint density at radius 2 is 2.04 bits per heavy atom. The summed E-state index contributed by atoms with van der Waals surface area (Å²) in [7, 11) is -2.32. The summed E-state index contributed by atoms with van der Waals surface area (Å²) >= 11 is 0. The van der Waals surface area contributed by atoms with Gasteiger partial charge in [0.15, 0.2) is 0 Å². The van der Waals surface area contributed by atoms with Crippen molar-refractivity contribution < 1.29 is 22.3 Å². The van der Waals surface area contributed by atoms with Crippen LogP contribution in [0.15, 0.2) is 23.1 Å². The fourth-order valence-electron chi connectivity index (χ4n) is 2.67. The quantitative estimate of drug-likeness (QED) is 0.905. The molecular formula is C15H21FN2O4S. The minimum Gasteiger partial charge on any atom is -0.453 e. The number of hydrogen-bond acceptors (Lipinski definition) is 4. The highest BCUT2D eigenvalue weighted by Gasteiger charge is 2.25. The van der Waals surface area contributed by atoms with Crippen LogP contribution in [-0.2, 0) is 14.8 Å². The van der Waals surface area contributed by atoms with Crippen LogP contribution in [0, 0.1) is 18.7 Å². The maximum atomic E-state index is 13.1. The lowest BCUT2D eigenvalue weighted by molar-refractivity contribution is 0.106. The lowest BCUT2D eigenvalue weighted by Crippen LogP contribution is -2.41.